The molecule has 0 unspecified atom stereocenters. The molecule has 0 saturated heterocycles. The van der Waals surface area contributed by atoms with Gasteiger partial charge in [-0.25, -0.2) is 8.42 Å². The first-order valence-corrected chi connectivity index (χ1v) is 11.2. The third kappa shape index (κ3) is 6.30. The van der Waals surface area contributed by atoms with Gasteiger partial charge in [0.2, 0.25) is 0 Å². The van der Waals surface area contributed by atoms with Crippen molar-refractivity contribution in [1.29, 1.82) is 0 Å². The third-order valence-electron chi connectivity index (χ3n) is 5.04. The van der Waals surface area contributed by atoms with Crippen LogP contribution in [0.4, 0.5) is 0 Å². The van der Waals surface area contributed by atoms with Crippen LogP contribution >= 0.6 is 0 Å². The largest absolute Gasteiger partial charge is 0.497 e. The molecule has 2 aromatic rings. The number of carboxylic acids is 1. The fraction of sp³-hybridized carbons (Fsp3) is 0.409. The van der Waals surface area contributed by atoms with Crippen molar-refractivity contribution in [3.63, 3.8) is 0 Å². The van der Waals surface area contributed by atoms with Crippen molar-refractivity contribution in [2.24, 2.45) is 5.92 Å². The zero-order chi connectivity index (χ0) is 21.3. The number of rotatable bonds is 12. The lowest BCUT2D eigenvalue weighted by Gasteiger charge is -2.24. The predicted molar refractivity (Wildman–Crippen MR) is 111 cm³/mol. The lowest BCUT2D eigenvalue weighted by Crippen LogP contribution is -2.36. The van der Waals surface area contributed by atoms with Crippen molar-refractivity contribution in [2.45, 2.75) is 42.2 Å². The maximum absolute atomic E-state index is 13.2. The van der Waals surface area contributed by atoms with E-state index < -0.39 is 27.0 Å². The number of hydrogen-bond donors (Lipinski definition) is 2. The van der Waals surface area contributed by atoms with E-state index in [9.17, 15) is 23.4 Å². The average molecular weight is 421 g/mol. The van der Waals surface area contributed by atoms with Gasteiger partial charge in [0.05, 0.1) is 23.2 Å². The summed E-state index contributed by atoms with van der Waals surface area (Å²) in [4.78, 5) is 11.8. The molecule has 2 aromatic carbocycles. The second kappa shape index (κ2) is 11.0. The van der Waals surface area contributed by atoms with E-state index in [1.807, 2.05) is 30.3 Å². The molecule has 6 nitrogen and oxygen atoms in total. The van der Waals surface area contributed by atoms with Crippen LogP contribution in [0.2, 0.25) is 0 Å². The Morgan fingerprint density at radius 3 is 2.21 bits per heavy atom. The van der Waals surface area contributed by atoms with Gasteiger partial charge >= 0.3 is 5.97 Å². The van der Waals surface area contributed by atoms with Crippen LogP contribution in [0.1, 0.15) is 31.2 Å². The summed E-state index contributed by atoms with van der Waals surface area (Å²) in [6.07, 6.45) is 2.24. The van der Waals surface area contributed by atoms with Crippen LogP contribution in [0.25, 0.3) is 0 Å². The van der Waals surface area contributed by atoms with E-state index in [0.29, 0.717) is 12.2 Å². The van der Waals surface area contributed by atoms with Gasteiger partial charge in [0.15, 0.2) is 9.84 Å². The van der Waals surface area contributed by atoms with Gasteiger partial charge in [-0.15, -0.1) is 0 Å². The third-order valence-corrected chi connectivity index (χ3v) is 7.33. The van der Waals surface area contributed by atoms with Crippen molar-refractivity contribution in [2.75, 3.05) is 13.7 Å². The summed E-state index contributed by atoms with van der Waals surface area (Å²) in [5, 5.41) is 17.8. The molecule has 0 aromatic heterocycles. The minimum absolute atomic E-state index is 0.0653. The molecule has 0 saturated carbocycles. The number of carboxylic acid groups (broad SMARTS) is 1. The Balaban J connectivity index is 2.19. The molecule has 0 aliphatic rings. The summed E-state index contributed by atoms with van der Waals surface area (Å²) in [5.41, 5.74) is 1.16. The molecule has 0 aliphatic heterocycles. The molecule has 2 rings (SSSR count). The molecule has 0 bridgehead atoms. The summed E-state index contributed by atoms with van der Waals surface area (Å²) < 4.78 is 31.5. The molecule has 0 aliphatic carbocycles. The molecule has 2 N–H and O–H groups in total. The fourth-order valence-electron chi connectivity index (χ4n) is 3.44. The second-order valence-corrected chi connectivity index (χ2v) is 9.11. The SMILES string of the molecule is COc1ccc(S(=O)(=O)[C@H](CCCCc2ccccc2)[C@H](CCO)C(=O)O)cc1. The molecule has 29 heavy (non-hydrogen) atoms. The highest BCUT2D eigenvalue weighted by molar-refractivity contribution is 7.92. The van der Waals surface area contributed by atoms with E-state index in [4.69, 9.17) is 4.74 Å². The van der Waals surface area contributed by atoms with E-state index >= 15 is 0 Å². The number of aliphatic carboxylic acids is 1. The highest BCUT2D eigenvalue weighted by Gasteiger charge is 2.38. The van der Waals surface area contributed by atoms with E-state index in [0.717, 1.165) is 18.4 Å². The van der Waals surface area contributed by atoms with Crippen molar-refractivity contribution in [1.82, 2.24) is 0 Å². The van der Waals surface area contributed by atoms with E-state index in [-0.39, 0.29) is 24.3 Å². The number of sulfone groups is 1. The molecule has 0 radical (unpaired) electrons. The zero-order valence-electron chi connectivity index (χ0n) is 16.5. The second-order valence-electron chi connectivity index (χ2n) is 6.95. The van der Waals surface area contributed by atoms with Crippen LogP contribution in [0.5, 0.6) is 5.75 Å². The van der Waals surface area contributed by atoms with Gasteiger partial charge in [-0.1, -0.05) is 36.8 Å². The molecule has 0 amide bonds. The summed E-state index contributed by atoms with van der Waals surface area (Å²) in [7, 11) is -2.40. The number of ether oxygens (including phenoxy) is 1. The number of methoxy groups -OCH3 is 1. The lowest BCUT2D eigenvalue weighted by atomic mass is 9.96. The van der Waals surface area contributed by atoms with Crippen molar-refractivity contribution < 1.29 is 28.2 Å². The first kappa shape index (κ1) is 22.9. The molecule has 7 heteroatoms. The van der Waals surface area contributed by atoms with Gasteiger partial charge < -0.3 is 14.9 Å². The van der Waals surface area contributed by atoms with Crippen molar-refractivity contribution in [3.05, 3.63) is 60.2 Å². The first-order valence-electron chi connectivity index (χ1n) is 9.65. The van der Waals surface area contributed by atoms with Crippen LogP contribution in [0, 0.1) is 5.92 Å². The molecule has 0 fully saturated rings. The number of carbonyl (C=O) groups is 1. The number of unbranched alkanes of at least 4 members (excludes halogenated alkanes) is 1. The number of aliphatic hydroxyl groups excluding tert-OH is 1. The summed E-state index contributed by atoms with van der Waals surface area (Å²) in [5.74, 6) is -1.85. The van der Waals surface area contributed by atoms with Crippen LogP contribution in [0.15, 0.2) is 59.5 Å². The smallest absolute Gasteiger partial charge is 0.307 e. The zero-order valence-corrected chi connectivity index (χ0v) is 17.3. The lowest BCUT2D eigenvalue weighted by molar-refractivity contribution is -0.142. The summed E-state index contributed by atoms with van der Waals surface area (Å²) in [6, 6.07) is 15.8. The highest BCUT2D eigenvalue weighted by Crippen LogP contribution is 2.29. The van der Waals surface area contributed by atoms with Crippen LogP contribution in [-0.4, -0.2) is 43.6 Å². The van der Waals surface area contributed by atoms with Gasteiger partial charge in [0.1, 0.15) is 5.75 Å². The minimum Gasteiger partial charge on any atom is -0.497 e. The van der Waals surface area contributed by atoms with Gasteiger partial charge in [0, 0.05) is 6.61 Å². The Morgan fingerprint density at radius 1 is 1.00 bits per heavy atom. The minimum atomic E-state index is -3.89. The predicted octanol–water partition coefficient (Wildman–Crippen LogP) is 3.33. The standard InChI is InChI=1S/C22H28O6S/c1-28-18-11-13-19(14-12-18)29(26,27)21(20(15-16-23)22(24)25)10-6-5-9-17-7-3-2-4-8-17/h2-4,7-8,11-14,20-21,23H,5-6,9-10,15-16H2,1H3,(H,24,25)/t20-,21+/m0/s1. The monoisotopic (exact) mass is 420 g/mol. The van der Waals surface area contributed by atoms with E-state index in [1.54, 1.807) is 12.1 Å². The maximum atomic E-state index is 13.2. The molecule has 2 atom stereocenters. The Bertz CT molecular complexity index is 862. The topological polar surface area (TPSA) is 101 Å². The quantitative estimate of drug-likeness (QED) is 0.511. The highest BCUT2D eigenvalue weighted by atomic mass is 32.2. The van der Waals surface area contributed by atoms with Gasteiger partial charge in [-0.05, 0) is 55.5 Å². The maximum Gasteiger partial charge on any atom is 0.307 e. The van der Waals surface area contributed by atoms with E-state index in [2.05, 4.69) is 0 Å². The average Bonchev–Trinajstić information content (AvgIpc) is 2.73. The number of aliphatic hydroxyl groups is 1. The molecule has 0 heterocycles. The van der Waals surface area contributed by atoms with Gasteiger partial charge in [0.25, 0.3) is 0 Å². The normalized spacial score (nSPS) is 13.6. The number of benzene rings is 2. The number of aryl methyl sites for hydroxylation is 1. The Labute approximate surface area is 172 Å². The molecular formula is C22H28O6S. The van der Waals surface area contributed by atoms with Crippen LogP contribution < -0.4 is 4.74 Å². The van der Waals surface area contributed by atoms with Crippen molar-refractivity contribution >= 4 is 15.8 Å². The Hall–Kier alpha value is -2.38. The van der Waals surface area contributed by atoms with E-state index in [1.165, 1.54) is 19.2 Å². The molecular weight excluding hydrogens is 392 g/mol. The van der Waals surface area contributed by atoms with Crippen LogP contribution in [-0.2, 0) is 21.1 Å². The van der Waals surface area contributed by atoms with Crippen LogP contribution in [0.3, 0.4) is 0 Å². The summed E-state index contributed by atoms with van der Waals surface area (Å²) in [6.45, 7) is -0.379. The molecule has 158 valence electrons. The Morgan fingerprint density at radius 2 is 1.66 bits per heavy atom. The Kier molecular flexibility index (Phi) is 8.67. The number of hydrogen-bond acceptors (Lipinski definition) is 5. The first-order chi connectivity index (χ1) is 13.9. The fourth-order valence-corrected chi connectivity index (χ4v) is 5.47. The molecule has 0 spiro atoms. The van der Waals surface area contributed by atoms with Gasteiger partial charge in [-0.3, -0.25) is 4.79 Å². The summed E-state index contributed by atoms with van der Waals surface area (Å²) >= 11 is 0. The van der Waals surface area contributed by atoms with Crippen molar-refractivity contribution in [3.8, 4) is 5.75 Å². The van der Waals surface area contributed by atoms with Gasteiger partial charge in [-0.2, -0.15) is 0 Å².